The third-order valence-corrected chi connectivity index (χ3v) is 2.79. The van der Waals surface area contributed by atoms with Crippen molar-refractivity contribution in [2.24, 2.45) is 5.73 Å². The molecule has 4 N–H and O–H groups in total. The first-order valence-electron chi connectivity index (χ1n) is 5.92. The molecule has 0 heterocycles. The van der Waals surface area contributed by atoms with Gasteiger partial charge in [-0.25, -0.2) is 0 Å². The van der Waals surface area contributed by atoms with Gasteiger partial charge in [-0.05, 0) is 32.0 Å². The Morgan fingerprint density at radius 3 is 2.61 bits per heavy atom. The molecule has 100 valence electrons. The Morgan fingerprint density at radius 2 is 2.11 bits per heavy atom. The van der Waals surface area contributed by atoms with E-state index in [9.17, 15) is 4.79 Å². The second-order valence-electron chi connectivity index (χ2n) is 4.42. The zero-order valence-electron chi connectivity index (χ0n) is 11.1. The Balaban J connectivity index is 3.05. The summed E-state index contributed by atoms with van der Waals surface area (Å²) in [4.78, 5) is 13.4. The van der Waals surface area contributed by atoms with Gasteiger partial charge in [-0.2, -0.15) is 0 Å². The van der Waals surface area contributed by atoms with Gasteiger partial charge in [0.15, 0.2) is 0 Å². The van der Waals surface area contributed by atoms with Crippen LogP contribution in [0.15, 0.2) is 18.2 Å². The molecule has 1 aromatic carbocycles. The van der Waals surface area contributed by atoms with Crippen LogP contribution in [0.2, 0.25) is 0 Å². The second kappa shape index (κ2) is 6.26. The van der Waals surface area contributed by atoms with Gasteiger partial charge in [0.25, 0.3) is 5.91 Å². The first kappa shape index (κ1) is 14.3. The standard InChI is InChI=1S/C13H21N3O2/c1-9(2)16(6-7-18-3)10-4-5-12(14)11(8-10)13(15)17/h4-5,8-9H,6-7,14H2,1-3H3,(H2,15,17). The molecule has 1 aromatic rings. The Bertz CT molecular complexity index is 419. The van der Waals surface area contributed by atoms with Crippen LogP contribution >= 0.6 is 0 Å². The lowest BCUT2D eigenvalue weighted by Gasteiger charge is -2.29. The van der Waals surface area contributed by atoms with Gasteiger partial charge in [-0.15, -0.1) is 0 Å². The van der Waals surface area contributed by atoms with Crippen molar-refractivity contribution in [1.82, 2.24) is 0 Å². The van der Waals surface area contributed by atoms with E-state index in [2.05, 4.69) is 18.7 Å². The summed E-state index contributed by atoms with van der Waals surface area (Å²) in [6, 6.07) is 5.62. The molecular formula is C13H21N3O2. The fourth-order valence-corrected chi connectivity index (χ4v) is 1.81. The predicted octanol–water partition coefficient (Wildman–Crippen LogP) is 1.23. The van der Waals surface area contributed by atoms with Gasteiger partial charge in [0, 0.05) is 31.1 Å². The summed E-state index contributed by atoms with van der Waals surface area (Å²) in [6.07, 6.45) is 0. The van der Waals surface area contributed by atoms with Crippen LogP contribution in [-0.4, -0.2) is 32.2 Å². The van der Waals surface area contributed by atoms with Crippen LogP contribution in [0.4, 0.5) is 11.4 Å². The molecule has 1 amide bonds. The number of rotatable bonds is 6. The minimum atomic E-state index is -0.509. The molecule has 0 saturated heterocycles. The van der Waals surface area contributed by atoms with Gasteiger partial charge in [-0.3, -0.25) is 4.79 Å². The second-order valence-corrected chi connectivity index (χ2v) is 4.42. The SMILES string of the molecule is COCCN(c1ccc(N)c(C(N)=O)c1)C(C)C. The van der Waals surface area contributed by atoms with Gasteiger partial charge >= 0.3 is 0 Å². The van der Waals surface area contributed by atoms with Crippen molar-refractivity contribution in [2.45, 2.75) is 19.9 Å². The van der Waals surface area contributed by atoms with E-state index in [1.54, 1.807) is 19.2 Å². The average molecular weight is 251 g/mol. The highest BCUT2D eigenvalue weighted by molar-refractivity contribution is 5.99. The first-order chi connectivity index (χ1) is 8.47. The lowest BCUT2D eigenvalue weighted by molar-refractivity contribution is 0.100. The van der Waals surface area contributed by atoms with Crippen LogP contribution in [0.1, 0.15) is 24.2 Å². The zero-order valence-corrected chi connectivity index (χ0v) is 11.1. The van der Waals surface area contributed by atoms with Crippen LogP contribution in [0, 0.1) is 0 Å². The molecule has 0 aliphatic carbocycles. The fraction of sp³-hybridized carbons (Fsp3) is 0.462. The van der Waals surface area contributed by atoms with Crippen molar-refractivity contribution in [3.8, 4) is 0 Å². The molecule has 0 aromatic heterocycles. The Hall–Kier alpha value is -1.75. The number of anilines is 2. The summed E-state index contributed by atoms with van der Waals surface area (Å²) in [5.41, 5.74) is 12.7. The Morgan fingerprint density at radius 1 is 1.44 bits per heavy atom. The van der Waals surface area contributed by atoms with Crippen LogP contribution in [0.3, 0.4) is 0 Å². The largest absolute Gasteiger partial charge is 0.398 e. The number of primary amides is 1. The fourth-order valence-electron chi connectivity index (χ4n) is 1.81. The highest BCUT2D eigenvalue weighted by atomic mass is 16.5. The van der Waals surface area contributed by atoms with Gasteiger partial charge in [-0.1, -0.05) is 0 Å². The lowest BCUT2D eigenvalue weighted by atomic mass is 10.1. The van der Waals surface area contributed by atoms with Gasteiger partial charge in [0.05, 0.1) is 12.2 Å². The predicted molar refractivity (Wildman–Crippen MR) is 73.7 cm³/mol. The van der Waals surface area contributed by atoms with Crippen molar-refractivity contribution in [1.29, 1.82) is 0 Å². The van der Waals surface area contributed by atoms with Crippen LogP contribution < -0.4 is 16.4 Å². The summed E-state index contributed by atoms with van der Waals surface area (Å²) in [7, 11) is 1.66. The van der Waals surface area contributed by atoms with E-state index in [0.717, 1.165) is 12.2 Å². The maximum absolute atomic E-state index is 11.3. The smallest absolute Gasteiger partial charge is 0.250 e. The van der Waals surface area contributed by atoms with E-state index in [0.29, 0.717) is 23.9 Å². The topological polar surface area (TPSA) is 81.6 Å². The molecule has 0 atom stereocenters. The minimum Gasteiger partial charge on any atom is -0.398 e. The number of amides is 1. The summed E-state index contributed by atoms with van der Waals surface area (Å²) in [5, 5.41) is 0. The summed E-state index contributed by atoms with van der Waals surface area (Å²) < 4.78 is 5.09. The van der Waals surface area contributed by atoms with E-state index < -0.39 is 5.91 Å². The molecule has 0 fully saturated rings. The summed E-state index contributed by atoms with van der Waals surface area (Å²) in [5.74, 6) is -0.509. The van der Waals surface area contributed by atoms with Crippen molar-refractivity contribution in [3.63, 3.8) is 0 Å². The third-order valence-electron chi connectivity index (χ3n) is 2.79. The number of nitrogens with two attached hydrogens (primary N) is 2. The molecule has 0 unspecified atom stereocenters. The monoisotopic (exact) mass is 251 g/mol. The van der Waals surface area contributed by atoms with Crippen molar-refractivity contribution >= 4 is 17.3 Å². The number of carbonyl (C=O) groups excluding carboxylic acids is 1. The number of nitrogens with zero attached hydrogens (tertiary/aromatic N) is 1. The molecule has 0 spiro atoms. The molecule has 1 rings (SSSR count). The quantitative estimate of drug-likeness (QED) is 0.745. The van der Waals surface area contributed by atoms with Gasteiger partial charge in [0.2, 0.25) is 0 Å². The molecule has 0 bridgehead atoms. The van der Waals surface area contributed by atoms with E-state index >= 15 is 0 Å². The van der Waals surface area contributed by atoms with E-state index in [1.165, 1.54) is 0 Å². The highest BCUT2D eigenvalue weighted by Gasteiger charge is 2.13. The molecule has 0 radical (unpaired) electrons. The molecule has 0 aliphatic heterocycles. The van der Waals surface area contributed by atoms with Crippen LogP contribution in [-0.2, 0) is 4.74 Å². The molecule has 5 heteroatoms. The summed E-state index contributed by atoms with van der Waals surface area (Å²) in [6.45, 7) is 5.52. The minimum absolute atomic E-state index is 0.296. The van der Waals surface area contributed by atoms with Crippen molar-refractivity contribution in [2.75, 3.05) is 30.9 Å². The molecule has 0 saturated carbocycles. The van der Waals surface area contributed by atoms with Gasteiger partial charge < -0.3 is 21.1 Å². The third kappa shape index (κ3) is 3.37. The average Bonchev–Trinajstić information content (AvgIpc) is 2.30. The number of ether oxygens (including phenoxy) is 1. The van der Waals surface area contributed by atoms with E-state index in [4.69, 9.17) is 16.2 Å². The Labute approximate surface area is 108 Å². The number of methoxy groups -OCH3 is 1. The van der Waals surface area contributed by atoms with Gasteiger partial charge in [0.1, 0.15) is 0 Å². The number of hydrogen-bond donors (Lipinski definition) is 2. The zero-order chi connectivity index (χ0) is 13.7. The van der Waals surface area contributed by atoms with Crippen molar-refractivity contribution in [3.05, 3.63) is 23.8 Å². The maximum atomic E-state index is 11.3. The van der Waals surface area contributed by atoms with Crippen LogP contribution in [0.25, 0.3) is 0 Å². The summed E-state index contributed by atoms with van der Waals surface area (Å²) >= 11 is 0. The van der Waals surface area contributed by atoms with E-state index in [1.807, 2.05) is 6.07 Å². The molecule has 5 nitrogen and oxygen atoms in total. The number of benzene rings is 1. The first-order valence-corrected chi connectivity index (χ1v) is 5.92. The Kier molecular flexibility index (Phi) is 4.97. The molecule has 18 heavy (non-hydrogen) atoms. The normalized spacial score (nSPS) is 10.7. The van der Waals surface area contributed by atoms with E-state index in [-0.39, 0.29) is 0 Å². The maximum Gasteiger partial charge on any atom is 0.250 e. The van der Waals surface area contributed by atoms with Crippen molar-refractivity contribution < 1.29 is 9.53 Å². The van der Waals surface area contributed by atoms with Crippen LogP contribution in [0.5, 0.6) is 0 Å². The number of hydrogen-bond acceptors (Lipinski definition) is 4. The highest BCUT2D eigenvalue weighted by Crippen LogP contribution is 2.22. The lowest BCUT2D eigenvalue weighted by Crippen LogP contribution is -2.34. The number of nitrogen functional groups attached to an aromatic ring is 1. The molecule has 0 aliphatic rings. The number of carbonyl (C=O) groups is 1. The molecular weight excluding hydrogens is 230 g/mol.